The highest BCUT2D eigenvalue weighted by Crippen LogP contribution is 2.43. The van der Waals surface area contributed by atoms with Crippen LogP contribution in [0.5, 0.6) is 11.5 Å². The van der Waals surface area contributed by atoms with Gasteiger partial charge in [0.15, 0.2) is 11.5 Å². The van der Waals surface area contributed by atoms with Gasteiger partial charge in [-0.15, -0.1) is 0 Å². The molecule has 2 fully saturated rings. The van der Waals surface area contributed by atoms with Crippen LogP contribution in [0.1, 0.15) is 70.3 Å². The molecule has 164 valence electrons. The van der Waals surface area contributed by atoms with Crippen LogP contribution < -0.4 is 14.8 Å². The zero-order chi connectivity index (χ0) is 20.6. The van der Waals surface area contributed by atoms with E-state index in [4.69, 9.17) is 9.47 Å². The summed E-state index contributed by atoms with van der Waals surface area (Å²) < 4.78 is 10.8. The fourth-order valence-electron chi connectivity index (χ4n) is 5.74. The number of aliphatic hydroxyl groups is 1. The Balaban J connectivity index is 1.57. The number of ether oxygens (including phenoxy) is 2. The van der Waals surface area contributed by atoms with Crippen molar-refractivity contribution in [2.24, 2.45) is 17.8 Å². The molecule has 1 aromatic rings. The van der Waals surface area contributed by atoms with Crippen molar-refractivity contribution in [2.75, 3.05) is 20.8 Å². The highest BCUT2D eigenvalue weighted by molar-refractivity contribution is 5.43. The Bertz CT molecular complexity index is 590. The minimum absolute atomic E-state index is 0.0564. The van der Waals surface area contributed by atoms with Gasteiger partial charge >= 0.3 is 0 Å². The largest absolute Gasteiger partial charge is 0.493 e. The van der Waals surface area contributed by atoms with Crippen molar-refractivity contribution in [1.29, 1.82) is 0 Å². The molecule has 0 spiro atoms. The highest BCUT2D eigenvalue weighted by atomic mass is 16.5. The molecule has 2 saturated carbocycles. The van der Waals surface area contributed by atoms with Crippen molar-refractivity contribution in [3.63, 3.8) is 0 Å². The van der Waals surface area contributed by atoms with E-state index in [1.54, 1.807) is 14.2 Å². The van der Waals surface area contributed by atoms with Crippen LogP contribution in [0.3, 0.4) is 0 Å². The van der Waals surface area contributed by atoms with Crippen molar-refractivity contribution in [2.45, 2.75) is 83.3 Å². The Kier molecular flexibility index (Phi) is 8.68. The van der Waals surface area contributed by atoms with E-state index in [2.05, 4.69) is 11.4 Å². The second-order valence-corrected chi connectivity index (χ2v) is 9.24. The number of benzene rings is 1. The van der Waals surface area contributed by atoms with E-state index < -0.39 is 0 Å². The second kappa shape index (κ2) is 11.2. The second-order valence-electron chi connectivity index (χ2n) is 9.24. The first-order valence-corrected chi connectivity index (χ1v) is 11.7. The summed E-state index contributed by atoms with van der Waals surface area (Å²) in [6.07, 6.45) is 13.1. The number of hydrogen-bond acceptors (Lipinski definition) is 4. The minimum atomic E-state index is -0.389. The molecule has 0 amide bonds. The summed E-state index contributed by atoms with van der Waals surface area (Å²) >= 11 is 0. The SMILES string of the molecule is COc1ccc(CC(NCCC(C2CCCC2)C2CCCC2)C(C)O)cc1OC. The predicted molar refractivity (Wildman–Crippen MR) is 119 cm³/mol. The third-order valence-corrected chi connectivity index (χ3v) is 7.38. The maximum absolute atomic E-state index is 10.4. The van der Waals surface area contributed by atoms with Crippen LogP contribution in [-0.4, -0.2) is 38.0 Å². The Labute approximate surface area is 177 Å². The predicted octanol–water partition coefficient (Wildman–Crippen LogP) is 4.97. The summed E-state index contributed by atoms with van der Waals surface area (Å²) in [6, 6.07) is 6.10. The Hall–Kier alpha value is -1.26. The first-order chi connectivity index (χ1) is 14.1. The van der Waals surface area contributed by atoms with Gasteiger partial charge in [0, 0.05) is 6.04 Å². The van der Waals surface area contributed by atoms with Gasteiger partial charge in [0.1, 0.15) is 0 Å². The summed E-state index contributed by atoms with van der Waals surface area (Å²) in [5, 5.41) is 14.1. The molecule has 0 radical (unpaired) electrons. The van der Waals surface area contributed by atoms with Crippen LogP contribution in [0.25, 0.3) is 0 Å². The standard InChI is InChI=1S/C25H41NO3/c1-18(27)23(16-19-12-13-24(28-2)25(17-19)29-3)26-15-14-22(20-8-4-5-9-20)21-10-6-7-11-21/h12-13,17-18,20-23,26-27H,4-11,14-16H2,1-3H3. The van der Waals surface area contributed by atoms with Gasteiger partial charge < -0.3 is 19.9 Å². The smallest absolute Gasteiger partial charge is 0.160 e. The van der Waals surface area contributed by atoms with Crippen LogP contribution >= 0.6 is 0 Å². The molecule has 2 unspecified atom stereocenters. The van der Waals surface area contributed by atoms with Gasteiger partial charge in [-0.05, 0) is 61.8 Å². The molecule has 1 aromatic carbocycles. The van der Waals surface area contributed by atoms with Gasteiger partial charge in [0.05, 0.1) is 20.3 Å². The molecule has 2 aliphatic carbocycles. The Morgan fingerprint density at radius 3 is 2.07 bits per heavy atom. The fraction of sp³-hybridized carbons (Fsp3) is 0.760. The first kappa shape index (κ1) is 22.4. The summed E-state index contributed by atoms with van der Waals surface area (Å²) in [6.45, 7) is 2.89. The quantitative estimate of drug-likeness (QED) is 0.548. The van der Waals surface area contributed by atoms with Crippen LogP contribution in [-0.2, 0) is 6.42 Å². The zero-order valence-corrected chi connectivity index (χ0v) is 18.7. The summed E-state index contributed by atoms with van der Waals surface area (Å²) in [5.74, 6) is 4.25. The first-order valence-electron chi connectivity index (χ1n) is 11.7. The van der Waals surface area contributed by atoms with E-state index in [1.807, 2.05) is 19.1 Å². The van der Waals surface area contributed by atoms with Gasteiger partial charge in [-0.1, -0.05) is 57.4 Å². The van der Waals surface area contributed by atoms with Crippen molar-refractivity contribution in [3.05, 3.63) is 23.8 Å². The normalized spacial score (nSPS) is 20.3. The van der Waals surface area contributed by atoms with Gasteiger partial charge in [-0.3, -0.25) is 0 Å². The average Bonchev–Trinajstić information content (AvgIpc) is 3.44. The summed E-state index contributed by atoms with van der Waals surface area (Å²) in [7, 11) is 3.32. The van der Waals surface area contributed by atoms with Crippen molar-refractivity contribution in [3.8, 4) is 11.5 Å². The molecule has 0 saturated heterocycles. The number of hydrogen-bond donors (Lipinski definition) is 2. The fourth-order valence-corrected chi connectivity index (χ4v) is 5.74. The summed E-state index contributed by atoms with van der Waals surface area (Å²) in [4.78, 5) is 0. The number of nitrogens with one attached hydrogen (secondary N) is 1. The van der Waals surface area contributed by atoms with Crippen molar-refractivity contribution >= 4 is 0 Å². The molecule has 2 atom stereocenters. The van der Waals surface area contributed by atoms with Crippen LogP contribution in [0.4, 0.5) is 0 Å². The lowest BCUT2D eigenvalue weighted by molar-refractivity contribution is 0.139. The molecule has 0 aromatic heterocycles. The number of aliphatic hydroxyl groups excluding tert-OH is 1. The molecule has 0 heterocycles. The third-order valence-electron chi connectivity index (χ3n) is 7.38. The van der Waals surface area contributed by atoms with Crippen LogP contribution in [0.2, 0.25) is 0 Å². The van der Waals surface area contributed by atoms with Crippen LogP contribution in [0, 0.1) is 17.8 Å². The third kappa shape index (κ3) is 6.11. The lowest BCUT2D eigenvalue weighted by Crippen LogP contribution is -2.41. The van der Waals surface area contributed by atoms with E-state index in [9.17, 15) is 5.11 Å². The molecule has 0 bridgehead atoms. The maximum atomic E-state index is 10.4. The van der Waals surface area contributed by atoms with Gasteiger partial charge in [-0.2, -0.15) is 0 Å². The molecule has 29 heavy (non-hydrogen) atoms. The van der Waals surface area contributed by atoms with E-state index in [1.165, 1.54) is 57.8 Å². The van der Waals surface area contributed by atoms with Crippen molar-refractivity contribution in [1.82, 2.24) is 5.32 Å². The molecule has 3 rings (SSSR count). The molecule has 0 aliphatic heterocycles. The molecular formula is C25H41NO3. The van der Waals surface area contributed by atoms with E-state index in [0.717, 1.165) is 47.8 Å². The van der Waals surface area contributed by atoms with E-state index in [-0.39, 0.29) is 12.1 Å². The van der Waals surface area contributed by atoms with E-state index >= 15 is 0 Å². The topological polar surface area (TPSA) is 50.7 Å². The number of rotatable bonds is 11. The maximum Gasteiger partial charge on any atom is 0.160 e. The van der Waals surface area contributed by atoms with E-state index in [0.29, 0.717) is 0 Å². The minimum Gasteiger partial charge on any atom is -0.493 e. The Morgan fingerprint density at radius 1 is 0.966 bits per heavy atom. The lowest BCUT2D eigenvalue weighted by Gasteiger charge is -2.31. The van der Waals surface area contributed by atoms with Crippen LogP contribution in [0.15, 0.2) is 18.2 Å². The molecule has 2 N–H and O–H groups in total. The van der Waals surface area contributed by atoms with Gasteiger partial charge in [-0.25, -0.2) is 0 Å². The van der Waals surface area contributed by atoms with Gasteiger partial charge in [0.2, 0.25) is 0 Å². The zero-order valence-electron chi connectivity index (χ0n) is 18.7. The lowest BCUT2D eigenvalue weighted by atomic mass is 9.77. The highest BCUT2D eigenvalue weighted by Gasteiger charge is 2.32. The molecule has 4 heteroatoms. The molecule has 4 nitrogen and oxygen atoms in total. The Morgan fingerprint density at radius 2 is 1.55 bits per heavy atom. The molecule has 2 aliphatic rings. The average molecular weight is 404 g/mol. The molecular weight excluding hydrogens is 362 g/mol. The van der Waals surface area contributed by atoms with Gasteiger partial charge in [0.25, 0.3) is 0 Å². The summed E-state index contributed by atoms with van der Waals surface area (Å²) in [5.41, 5.74) is 1.16. The van der Waals surface area contributed by atoms with Crippen molar-refractivity contribution < 1.29 is 14.6 Å². The monoisotopic (exact) mass is 403 g/mol. The number of methoxy groups -OCH3 is 2.